The molecule has 2 amide bonds. The van der Waals surface area contributed by atoms with Crippen LogP contribution in [-0.2, 0) is 11.8 Å². The second kappa shape index (κ2) is 11.1. The Bertz CT molecular complexity index is 1410. The summed E-state index contributed by atoms with van der Waals surface area (Å²) >= 11 is 4.73. The van der Waals surface area contributed by atoms with Crippen molar-refractivity contribution in [1.29, 1.82) is 0 Å². The van der Waals surface area contributed by atoms with Crippen molar-refractivity contribution in [2.75, 3.05) is 16.4 Å². The maximum Gasteiger partial charge on any atom is 0.256 e. The van der Waals surface area contributed by atoms with Crippen molar-refractivity contribution in [1.82, 2.24) is 14.8 Å². The Morgan fingerprint density at radius 3 is 2.28 bits per heavy atom. The van der Waals surface area contributed by atoms with E-state index in [-0.39, 0.29) is 17.6 Å². The fraction of sp³-hybridized carbons (Fsp3) is 0.185. The van der Waals surface area contributed by atoms with Gasteiger partial charge in [-0.2, -0.15) is 0 Å². The van der Waals surface area contributed by atoms with Crippen LogP contribution in [-0.4, -0.2) is 32.3 Å². The molecule has 4 rings (SSSR count). The van der Waals surface area contributed by atoms with E-state index in [1.165, 1.54) is 17.3 Å². The molecule has 0 radical (unpaired) electrons. The summed E-state index contributed by atoms with van der Waals surface area (Å²) < 4.78 is 2.59. The minimum absolute atomic E-state index is 0.0928. The van der Waals surface area contributed by atoms with Gasteiger partial charge in [0.15, 0.2) is 11.0 Å². The zero-order valence-electron chi connectivity index (χ0n) is 20.4. The Hall–Kier alpha value is -3.43. The van der Waals surface area contributed by atoms with Crippen LogP contribution in [0.4, 0.5) is 11.4 Å². The van der Waals surface area contributed by atoms with Crippen LogP contribution in [0.2, 0.25) is 0 Å². The zero-order chi connectivity index (χ0) is 25.8. The molecule has 184 valence electrons. The molecular formula is C27H26BrN5O2S. The summed E-state index contributed by atoms with van der Waals surface area (Å²) in [4.78, 5) is 25.1. The first-order valence-corrected chi connectivity index (χ1v) is 13.1. The molecule has 0 aliphatic heterocycles. The molecule has 7 nitrogen and oxygen atoms in total. The van der Waals surface area contributed by atoms with Gasteiger partial charge in [-0.05, 0) is 84.2 Å². The Morgan fingerprint density at radius 1 is 0.944 bits per heavy atom. The first-order valence-electron chi connectivity index (χ1n) is 11.3. The summed E-state index contributed by atoms with van der Waals surface area (Å²) in [7, 11) is 1.87. The molecule has 0 fully saturated rings. The smallest absolute Gasteiger partial charge is 0.256 e. The quantitative estimate of drug-likeness (QED) is 0.263. The van der Waals surface area contributed by atoms with Crippen LogP contribution in [0.3, 0.4) is 0 Å². The SMILES string of the molecule is Cc1cc(C)c(NC(=O)CSc2nnc(-c3ccc(NC(=O)c4ccccc4Br)cc3)n2C)c(C)c1. The Labute approximate surface area is 222 Å². The number of anilines is 2. The molecular weight excluding hydrogens is 538 g/mol. The van der Waals surface area contributed by atoms with Gasteiger partial charge in [0.25, 0.3) is 5.91 Å². The van der Waals surface area contributed by atoms with Crippen LogP contribution in [0.5, 0.6) is 0 Å². The Balaban J connectivity index is 1.39. The summed E-state index contributed by atoms with van der Waals surface area (Å²) in [6.07, 6.45) is 0. The maximum atomic E-state index is 12.6. The van der Waals surface area contributed by atoms with Gasteiger partial charge < -0.3 is 15.2 Å². The third-order valence-electron chi connectivity index (χ3n) is 5.63. The van der Waals surface area contributed by atoms with E-state index in [4.69, 9.17) is 0 Å². The van der Waals surface area contributed by atoms with Gasteiger partial charge in [0, 0.05) is 28.5 Å². The highest BCUT2D eigenvalue weighted by molar-refractivity contribution is 9.10. The summed E-state index contributed by atoms with van der Waals surface area (Å²) in [6, 6.07) is 18.8. The van der Waals surface area contributed by atoms with Crippen molar-refractivity contribution >= 4 is 50.9 Å². The second-order valence-corrected chi connectivity index (χ2v) is 10.3. The zero-order valence-corrected chi connectivity index (χ0v) is 22.8. The molecule has 36 heavy (non-hydrogen) atoms. The number of nitrogens with zero attached hydrogens (tertiary/aromatic N) is 3. The molecule has 0 atom stereocenters. The number of aryl methyl sites for hydroxylation is 3. The molecule has 0 unspecified atom stereocenters. The number of hydrogen-bond donors (Lipinski definition) is 2. The van der Waals surface area contributed by atoms with Gasteiger partial charge in [-0.1, -0.05) is 41.6 Å². The van der Waals surface area contributed by atoms with Crippen LogP contribution in [0.1, 0.15) is 27.0 Å². The number of rotatable bonds is 7. The molecule has 0 aliphatic carbocycles. The number of halogens is 1. The monoisotopic (exact) mass is 563 g/mol. The van der Waals surface area contributed by atoms with E-state index >= 15 is 0 Å². The van der Waals surface area contributed by atoms with Crippen LogP contribution in [0.25, 0.3) is 11.4 Å². The highest BCUT2D eigenvalue weighted by atomic mass is 79.9. The van der Waals surface area contributed by atoms with Gasteiger partial charge in [0.2, 0.25) is 5.91 Å². The van der Waals surface area contributed by atoms with Gasteiger partial charge in [-0.25, -0.2) is 0 Å². The molecule has 0 bridgehead atoms. The number of amides is 2. The number of carbonyl (C=O) groups is 2. The third-order valence-corrected chi connectivity index (χ3v) is 7.34. The molecule has 3 aromatic carbocycles. The van der Waals surface area contributed by atoms with Gasteiger partial charge in [-0.15, -0.1) is 10.2 Å². The van der Waals surface area contributed by atoms with Crippen molar-refractivity contribution in [3.63, 3.8) is 0 Å². The molecule has 0 saturated carbocycles. The Morgan fingerprint density at radius 2 is 1.61 bits per heavy atom. The van der Waals surface area contributed by atoms with Crippen LogP contribution in [0, 0.1) is 20.8 Å². The first kappa shape index (κ1) is 25.7. The molecule has 2 N–H and O–H groups in total. The first-order chi connectivity index (χ1) is 17.2. The van der Waals surface area contributed by atoms with Gasteiger partial charge >= 0.3 is 0 Å². The van der Waals surface area contributed by atoms with E-state index in [0.717, 1.165) is 26.9 Å². The maximum absolute atomic E-state index is 12.6. The van der Waals surface area contributed by atoms with E-state index in [9.17, 15) is 9.59 Å². The van der Waals surface area contributed by atoms with E-state index < -0.39 is 0 Å². The average Bonchev–Trinajstić information content (AvgIpc) is 3.21. The molecule has 0 aliphatic rings. The molecule has 9 heteroatoms. The highest BCUT2D eigenvalue weighted by Crippen LogP contribution is 2.26. The van der Waals surface area contributed by atoms with Crippen molar-refractivity contribution in [3.05, 3.63) is 87.4 Å². The minimum Gasteiger partial charge on any atom is -0.325 e. The number of benzene rings is 3. The lowest BCUT2D eigenvalue weighted by molar-refractivity contribution is -0.113. The fourth-order valence-corrected chi connectivity index (χ4v) is 5.10. The van der Waals surface area contributed by atoms with Crippen molar-refractivity contribution < 1.29 is 9.59 Å². The number of nitrogens with one attached hydrogen (secondary N) is 2. The Kier molecular flexibility index (Phi) is 7.91. The summed E-state index contributed by atoms with van der Waals surface area (Å²) in [5, 5.41) is 15.1. The molecule has 1 heterocycles. The van der Waals surface area contributed by atoms with Crippen LogP contribution in [0.15, 0.2) is 70.3 Å². The van der Waals surface area contributed by atoms with Crippen LogP contribution < -0.4 is 10.6 Å². The normalized spacial score (nSPS) is 10.8. The van der Waals surface area contributed by atoms with Crippen molar-refractivity contribution in [2.45, 2.75) is 25.9 Å². The van der Waals surface area contributed by atoms with Gasteiger partial charge in [0.1, 0.15) is 0 Å². The van der Waals surface area contributed by atoms with E-state index in [1.54, 1.807) is 6.07 Å². The molecule has 0 saturated heterocycles. The number of hydrogen-bond acceptors (Lipinski definition) is 5. The minimum atomic E-state index is -0.193. The lowest BCUT2D eigenvalue weighted by Gasteiger charge is -2.12. The third kappa shape index (κ3) is 5.85. The summed E-state index contributed by atoms with van der Waals surface area (Å²) in [5.41, 5.74) is 6.21. The van der Waals surface area contributed by atoms with Gasteiger partial charge in [-0.3, -0.25) is 9.59 Å². The predicted octanol–water partition coefficient (Wildman–Crippen LogP) is 6.15. The van der Waals surface area contributed by atoms with Crippen molar-refractivity contribution in [2.24, 2.45) is 7.05 Å². The van der Waals surface area contributed by atoms with E-state index in [2.05, 4.69) is 48.9 Å². The summed E-state index contributed by atoms with van der Waals surface area (Å²) in [6.45, 7) is 6.03. The standard InChI is InChI=1S/C27H26BrN5O2S/c1-16-13-17(2)24(18(3)14-16)30-23(34)15-36-27-32-31-25(33(27)4)19-9-11-20(12-10-19)29-26(35)21-7-5-6-8-22(21)28/h5-14H,15H2,1-4H3,(H,29,35)(H,30,34). The molecule has 1 aromatic heterocycles. The van der Waals surface area contributed by atoms with Gasteiger partial charge in [0.05, 0.1) is 11.3 Å². The highest BCUT2D eigenvalue weighted by Gasteiger charge is 2.15. The largest absolute Gasteiger partial charge is 0.325 e. The summed E-state index contributed by atoms with van der Waals surface area (Å²) in [5.74, 6) is 0.608. The lowest BCUT2D eigenvalue weighted by Crippen LogP contribution is -2.16. The fourth-order valence-electron chi connectivity index (χ4n) is 3.92. The topological polar surface area (TPSA) is 88.9 Å². The number of thioether (sulfide) groups is 1. The lowest BCUT2D eigenvalue weighted by atomic mass is 10.1. The van der Waals surface area contributed by atoms with Crippen molar-refractivity contribution in [3.8, 4) is 11.4 Å². The molecule has 4 aromatic rings. The molecule has 0 spiro atoms. The number of aromatic nitrogens is 3. The second-order valence-electron chi connectivity index (χ2n) is 8.49. The number of carbonyl (C=O) groups excluding carboxylic acids is 2. The predicted molar refractivity (Wildman–Crippen MR) is 149 cm³/mol. The van der Waals surface area contributed by atoms with E-state index in [1.807, 2.05) is 74.9 Å². The van der Waals surface area contributed by atoms with E-state index in [0.29, 0.717) is 22.2 Å². The average molecular weight is 565 g/mol. The van der Waals surface area contributed by atoms with Crippen LogP contribution >= 0.6 is 27.7 Å².